The van der Waals surface area contributed by atoms with Gasteiger partial charge in [-0.15, -0.1) is 0 Å². The molecule has 0 aliphatic heterocycles. The minimum absolute atomic E-state index is 0.0433. The monoisotopic (exact) mass is 524 g/mol. The summed E-state index contributed by atoms with van der Waals surface area (Å²) in [4.78, 5) is 46.5. The summed E-state index contributed by atoms with van der Waals surface area (Å²) >= 11 is 0. The van der Waals surface area contributed by atoms with E-state index in [1.54, 1.807) is 65.4 Å². The number of rotatable bonds is 9. The zero-order valence-electron chi connectivity index (χ0n) is 20.1. The predicted molar refractivity (Wildman–Crippen MR) is 143 cm³/mol. The summed E-state index contributed by atoms with van der Waals surface area (Å²) < 4.78 is 1.71. The van der Waals surface area contributed by atoms with Crippen molar-refractivity contribution in [2.45, 2.75) is 0 Å². The molecule has 4 rings (SSSR count). The third-order valence-corrected chi connectivity index (χ3v) is 5.43. The van der Waals surface area contributed by atoms with Crippen LogP contribution in [0.15, 0.2) is 108 Å². The number of non-ortho nitro benzene ring substituents is 2. The molecular weight excluding hydrogens is 504 g/mol. The van der Waals surface area contributed by atoms with Gasteiger partial charge in [0.1, 0.15) is 5.70 Å². The Kier molecular flexibility index (Phi) is 7.97. The Labute approximate surface area is 221 Å². The topological polar surface area (TPSA) is 162 Å². The molecule has 194 valence electrons. The van der Waals surface area contributed by atoms with Crippen molar-refractivity contribution >= 4 is 35.5 Å². The van der Waals surface area contributed by atoms with Gasteiger partial charge in [-0.05, 0) is 60.2 Å². The fraction of sp³-hybridized carbons (Fsp3) is 0. The Morgan fingerprint density at radius 3 is 2.03 bits per heavy atom. The van der Waals surface area contributed by atoms with Gasteiger partial charge in [-0.2, -0.15) is 5.10 Å². The molecule has 0 spiro atoms. The van der Waals surface area contributed by atoms with Crippen LogP contribution in [0.2, 0.25) is 0 Å². The van der Waals surface area contributed by atoms with Crippen LogP contribution in [0.3, 0.4) is 0 Å². The van der Waals surface area contributed by atoms with E-state index in [1.807, 2.05) is 0 Å². The average Bonchev–Trinajstić information content (AvgIpc) is 3.42. The molecule has 2 N–H and O–H groups in total. The van der Waals surface area contributed by atoms with Gasteiger partial charge in [0.15, 0.2) is 0 Å². The van der Waals surface area contributed by atoms with Gasteiger partial charge in [-0.3, -0.25) is 29.8 Å². The van der Waals surface area contributed by atoms with Gasteiger partial charge in [-0.1, -0.05) is 18.2 Å². The molecule has 0 saturated carbocycles. The number of nitro benzene ring substituents is 2. The molecule has 0 aliphatic carbocycles. The normalized spacial score (nSPS) is 11.2. The lowest BCUT2D eigenvalue weighted by Crippen LogP contribution is -2.32. The van der Waals surface area contributed by atoms with Crippen LogP contribution in [0.25, 0.3) is 11.8 Å². The highest BCUT2D eigenvalue weighted by Gasteiger charge is 2.15. The molecular formula is C27H20N6O6. The smallest absolute Gasteiger partial charge is 0.287 e. The Hall–Kier alpha value is -5.91. The molecule has 0 saturated heterocycles. The number of carbonyl (C=O) groups is 2. The van der Waals surface area contributed by atoms with Crippen LogP contribution in [0.5, 0.6) is 0 Å². The van der Waals surface area contributed by atoms with E-state index in [4.69, 9.17) is 0 Å². The van der Waals surface area contributed by atoms with Gasteiger partial charge in [0.05, 0.1) is 21.8 Å². The van der Waals surface area contributed by atoms with Crippen LogP contribution in [-0.2, 0) is 4.79 Å². The maximum absolute atomic E-state index is 13.0. The zero-order chi connectivity index (χ0) is 27.8. The second-order valence-electron chi connectivity index (χ2n) is 8.00. The fourth-order valence-corrected chi connectivity index (χ4v) is 3.49. The van der Waals surface area contributed by atoms with Crippen LogP contribution < -0.4 is 10.7 Å². The van der Waals surface area contributed by atoms with Gasteiger partial charge in [-0.25, -0.2) is 5.43 Å². The summed E-state index contributed by atoms with van der Waals surface area (Å²) in [6, 6.07) is 23.1. The molecule has 1 aromatic heterocycles. The molecule has 3 aromatic carbocycles. The summed E-state index contributed by atoms with van der Waals surface area (Å²) in [6.45, 7) is 0. The van der Waals surface area contributed by atoms with Gasteiger partial charge in [0.2, 0.25) is 0 Å². The van der Waals surface area contributed by atoms with Gasteiger partial charge < -0.3 is 9.88 Å². The molecule has 12 heteroatoms. The summed E-state index contributed by atoms with van der Waals surface area (Å²) in [5.41, 5.74) is 4.04. The summed E-state index contributed by atoms with van der Waals surface area (Å²) in [7, 11) is 0. The van der Waals surface area contributed by atoms with E-state index in [2.05, 4.69) is 15.8 Å². The van der Waals surface area contributed by atoms with Crippen molar-refractivity contribution in [2.75, 3.05) is 0 Å². The van der Waals surface area contributed by atoms with Crippen LogP contribution >= 0.6 is 0 Å². The Morgan fingerprint density at radius 2 is 1.41 bits per heavy atom. The molecule has 0 aliphatic rings. The lowest BCUT2D eigenvalue weighted by atomic mass is 10.1. The van der Waals surface area contributed by atoms with E-state index in [0.29, 0.717) is 22.5 Å². The molecule has 39 heavy (non-hydrogen) atoms. The fourth-order valence-electron chi connectivity index (χ4n) is 3.49. The number of hydrogen-bond acceptors (Lipinski definition) is 7. The standard InChI is InChI=1S/C27H20N6O6/c34-26(20-5-2-1-3-6-20)29-25(17-19-8-10-22(11-9-19)32(36)37)27(35)30-28-18-24-7-4-16-31(24)21-12-14-23(15-13-21)33(38)39/h1-18H,(H,29,34)(H,30,35)/b25-17-,28-18+. The number of nitro groups is 2. The number of amides is 2. The molecule has 1 heterocycles. The predicted octanol–water partition coefficient (Wildman–Crippen LogP) is 4.21. The number of nitrogens with zero attached hydrogens (tertiary/aromatic N) is 4. The largest absolute Gasteiger partial charge is 0.317 e. The number of hydrogen-bond donors (Lipinski definition) is 2. The maximum atomic E-state index is 13.0. The first kappa shape index (κ1) is 26.2. The molecule has 0 bridgehead atoms. The third kappa shape index (κ3) is 6.65. The molecule has 12 nitrogen and oxygen atoms in total. The minimum atomic E-state index is -0.734. The van der Waals surface area contributed by atoms with Gasteiger partial charge >= 0.3 is 0 Å². The van der Waals surface area contributed by atoms with E-state index in [-0.39, 0.29) is 17.1 Å². The Bertz CT molecular complexity index is 1580. The molecule has 0 fully saturated rings. The van der Waals surface area contributed by atoms with Crippen LogP contribution in [0.1, 0.15) is 21.6 Å². The van der Waals surface area contributed by atoms with Crippen molar-refractivity contribution in [1.29, 1.82) is 0 Å². The number of benzene rings is 3. The van der Waals surface area contributed by atoms with Crippen LogP contribution in [-0.4, -0.2) is 32.4 Å². The number of aromatic nitrogens is 1. The second-order valence-corrected chi connectivity index (χ2v) is 8.00. The van der Waals surface area contributed by atoms with Crippen molar-refractivity contribution < 1.29 is 19.4 Å². The lowest BCUT2D eigenvalue weighted by Gasteiger charge is -2.09. The van der Waals surface area contributed by atoms with Crippen LogP contribution in [0, 0.1) is 20.2 Å². The Morgan fingerprint density at radius 1 is 0.795 bits per heavy atom. The minimum Gasteiger partial charge on any atom is -0.317 e. The van der Waals surface area contributed by atoms with Crippen LogP contribution in [0.4, 0.5) is 11.4 Å². The highest BCUT2D eigenvalue weighted by molar-refractivity contribution is 6.05. The Balaban J connectivity index is 1.54. The quantitative estimate of drug-likeness (QED) is 0.144. The highest BCUT2D eigenvalue weighted by Crippen LogP contribution is 2.17. The maximum Gasteiger partial charge on any atom is 0.287 e. The number of carbonyl (C=O) groups excluding carboxylic acids is 2. The summed E-state index contributed by atoms with van der Waals surface area (Å²) in [6.07, 6.45) is 4.47. The third-order valence-electron chi connectivity index (χ3n) is 5.43. The van der Waals surface area contributed by atoms with Crippen molar-refractivity contribution in [1.82, 2.24) is 15.3 Å². The van der Waals surface area contributed by atoms with Crippen molar-refractivity contribution in [3.8, 4) is 5.69 Å². The van der Waals surface area contributed by atoms with Crippen molar-refractivity contribution in [3.05, 3.63) is 140 Å². The first-order chi connectivity index (χ1) is 18.8. The molecule has 0 radical (unpaired) electrons. The lowest BCUT2D eigenvalue weighted by molar-refractivity contribution is -0.385. The molecule has 2 amide bonds. The van der Waals surface area contributed by atoms with E-state index >= 15 is 0 Å². The van der Waals surface area contributed by atoms with E-state index in [1.165, 1.54) is 48.7 Å². The van der Waals surface area contributed by atoms with E-state index in [9.17, 15) is 29.8 Å². The first-order valence-electron chi connectivity index (χ1n) is 11.4. The molecule has 0 unspecified atom stereocenters. The van der Waals surface area contributed by atoms with E-state index < -0.39 is 21.7 Å². The summed E-state index contributed by atoms with van der Waals surface area (Å²) in [5, 5.41) is 28.4. The SMILES string of the molecule is O=C(N/N=C/c1cccn1-c1ccc([N+](=O)[O-])cc1)/C(=C/c1ccc([N+](=O)[O-])cc1)NC(=O)c1ccccc1. The first-order valence-corrected chi connectivity index (χ1v) is 11.4. The highest BCUT2D eigenvalue weighted by atomic mass is 16.6. The van der Waals surface area contributed by atoms with Crippen molar-refractivity contribution in [2.24, 2.45) is 5.10 Å². The van der Waals surface area contributed by atoms with Gasteiger partial charge in [0, 0.05) is 41.7 Å². The second kappa shape index (κ2) is 11.9. The average molecular weight is 524 g/mol. The van der Waals surface area contributed by atoms with Crippen molar-refractivity contribution in [3.63, 3.8) is 0 Å². The van der Waals surface area contributed by atoms with Gasteiger partial charge in [0.25, 0.3) is 23.2 Å². The summed E-state index contributed by atoms with van der Waals surface area (Å²) in [5.74, 6) is -1.27. The number of hydrazone groups is 1. The zero-order valence-corrected chi connectivity index (χ0v) is 20.1. The molecule has 0 atom stereocenters. The van der Waals surface area contributed by atoms with E-state index in [0.717, 1.165) is 0 Å². The number of nitrogens with one attached hydrogen (secondary N) is 2. The molecule has 4 aromatic rings.